The summed E-state index contributed by atoms with van der Waals surface area (Å²) in [6, 6.07) is -0.504. The van der Waals surface area contributed by atoms with Crippen molar-refractivity contribution < 1.29 is 14.3 Å². The lowest BCUT2D eigenvalue weighted by molar-refractivity contribution is -0.140. The van der Waals surface area contributed by atoms with Gasteiger partial charge >= 0.3 is 5.97 Å². The average Bonchev–Trinajstić information content (AvgIpc) is 2.53. The molecule has 68 valence electrons. The Kier molecular flexibility index (Phi) is 1.79. The Labute approximate surface area is 70.0 Å². The van der Waals surface area contributed by atoms with Crippen molar-refractivity contribution in [2.45, 2.75) is 25.1 Å². The van der Waals surface area contributed by atoms with Crippen molar-refractivity contribution in [1.82, 2.24) is 5.32 Å². The van der Waals surface area contributed by atoms with Crippen molar-refractivity contribution in [3.63, 3.8) is 0 Å². The molecular formula is C8H12FNO2. The Morgan fingerprint density at radius 1 is 1.42 bits per heavy atom. The number of hydrogen-bond acceptors (Lipinski definition) is 2. The lowest BCUT2D eigenvalue weighted by atomic mass is 9.94. The lowest BCUT2D eigenvalue weighted by Crippen LogP contribution is -2.35. The minimum absolute atomic E-state index is 0.0255. The zero-order valence-electron chi connectivity index (χ0n) is 6.66. The van der Waals surface area contributed by atoms with E-state index in [4.69, 9.17) is 5.11 Å². The van der Waals surface area contributed by atoms with Gasteiger partial charge in [0.15, 0.2) is 0 Å². The molecule has 2 N–H and O–H groups in total. The Morgan fingerprint density at radius 2 is 2.17 bits per heavy atom. The first-order chi connectivity index (χ1) is 5.70. The van der Waals surface area contributed by atoms with Crippen LogP contribution in [0.2, 0.25) is 0 Å². The van der Waals surface area contributed by atoms with Crippen molar-refractivity contribution >= 4 is 5.97 Å². The van der Waals surface area contributed by atoms with Crippen LogP contribution in [0, 0.1) is 11.8 Å². The van der Waals surface area contributed by atoms with Gasteiger partial charge in [0.2, 0.25) is 0 Å². The number of alkyl halides is 1. The topological polar surface area (TPSA) is 49.3 Å². The summed E-state index contributed by atoms with van der Waals surface area (Å²) < 4.78 is 13.1. The van der Waals surface area contributed by atoms with Crippen molar-refractivity contribution in [3.05, 3.63) is 0 Å². The van der Waals surface area contributed by atoms with Crippen LogP contribution in [-0.4, -0.2) is 29.8 Å². The number of rotatable bonds is 1. The zero-order chi connectivity index (χ0) is 8.72. The highest BCUT2D eigenvalue weighted by atomic mass is 19.1. The zero-order valence-corrected chi connectivity index (χ0v) is 6.66. The summed E-state index contributed by atoms with van der Waals surface area (Å²) in [4.78, 5) is 10.7. The summed E-state index contributed by atoms with van der Waals surface area (Å²) >= 11 is 0. The van der Waals surface area contributed by atoms with Crippen molar-refractivity contribution in [2.75, 3.05) is 6.54 Å². The lowest BCUT2D eigenvalue weighted by Gasteiger charge is -2.12. The van der Waals surface area contributed by atoms with E-state index in [1.54, 1.807) is 0 Å². The van der Waals surface area contributed by atoms with Gasteiger partial charge in [-0.1, -0.05) is 0 Å². The fourth-order valence-corrected chi connectivity index (χ4v) is 2.43. The second kappa shape index (κ2) is 2.69. The summed E-state index contributed by atoms with van der Waals surface area (Å²) in [6.45, 7) is 0.531. The Morgan fingerprint density at radius 3 is 2.83 bits per heavy atom. The number of hydrogen-bond donors (Lipinski definition) is 2. The Bertz CT molecular complexity index is 209. The third-order valence-corrected chi connectivity index (χ3v) is 3.06. The maximum atomic E-state index is 13.1. The first-order valence-electron chi connectivity index (χ1n) is 4.30. The number of carbonyl (C=O) groups is 1. The Balaban J connectivity index is 2.10. The molecule has 0 amide bonds. The van der Waals surface area contributed by atoms with E-state index in [1.807, 2.05) is 0 Å². The van der Waals surface area contributed by atoms with Crippen LogP contribution in [0.3, 0.4) is 0 Å². The molecule has 1 aliphatic carbocycles. The second-order valence-corrected chi connectivity index (χ2v) is 3.65. The number of nitrogens with one attached hydrogen (secondary N) is 1. The minimum Gasteiger partial charge on any atom is -0.480 e. The standard InChI is InChI=1S/C8H12FNO2/c9-6-2-1-4-5(6)3-10-7(4)8(11)12/h4-7,10H,1-3H2,(H,11,12)/t4-,5+,6-,7+/m0/s1. The molecule has 1 heterocycles. The monoisotopic (exact) mass is 173 g/mol. The van der Waals surface area contributed by atoms with Crippen molar-refractivity contribution in [1.29, 1.82) is 0 Å². The molecule has 2 fully saturated rings. The normalized spacial score (nSPS) is 46.1. The van der Waals surface area contributed by atoms with Gasteiger partial charge in [-0.15, -0.1) is 0 Å². The van der Waals surface area contributed by atoms with Gasteiger partial charge in [-0.2, -0.15) is 0 Å². The molecule has 4 heteroatoms. The smallest absolute Gasteiger partial charge is 0.320 e. The molecule has 2 aliphatic rings. The first kappa shape index (κ1) is 7.98. The fourth-order valence-electron chi connectivity index (χ4n) is 2.43. The van der Waals surface area contributed by atoms with Crippen molar-refractivity contribution in [2.24, 2.45) is 11.8 Å². The Hall–Kier alpha value is -0.640. The van der Waals surface area contributed by atoms with E-state index >= 15 is 0 Å². The van der Waals surface area contributed by atoms with Gasteiger partial charge in [0.1, 0.15) is 12.2 Å². The molecule has 3 nitrogen and oxygen atoms in total. The van der Waals surface area contributed by atoms with Crippen LogP contribution in [0.25, 0.3) is 0 Å². The molecule has 0 radical (unpaired) electrons. The van der Waals surface area contributed by atoms with Gasteiger partial charge in [-0.25, -0.2) is 4.39 Å². The molecule has 2 rings (SSSR count). The quantitative estimate of drug-likeness (QED) is 0.603. The van der Waals surface area contributed by atoms with E-state index in [0.717, 1.165) is 6.42 Å². The van der Waals surface area contributed by atoms with Crippen LogP contribution in [0.4, 0.5) is 4.39 Å². The van der Waals surface area contributed by atoms with Gasteiger partial charge in [0.05, 0.1) is 0 Å². The highest BCUT2D eigenvalue weighted by Crippen LogP contribution is 2.39. The summed E-state index contributed by atoms with van der Waals surface area (Å²) in [7, 11) is 0. The highest BCUT2D eigenvalue weighted by Gasteiger charge is 2.47. The molecule has 0 aromatic carbocycles. The number of carboxylic acids is 1. The van der Waals surface area contributed by atoms with E-state index in [-0.39, 0.29) is 11.8 Å². The molecule has 4 atom stereocenters. The van der Waals surface area contributed by atoms with Crippen LogP contribution in [0.5, 0.6) is 0 Å². The molecule has 0 aromatic heterocycles. The first-order valence-corrected chi connectivity index (χ1v) is 4.30. The molecule has 1 aliphatic heterocycles. The predicted molar refractivity (Wildman–Crippen MR) is 40.5 cm³/mol. The molecule has 0 unspecified atom stereocenters. The van der Waals surface area contributed by atoms with E-state index in [2.05, 4.69) is 5.32 Å². The number of aliphatic carboxylic acids is 1. The van der Waals surface area contributed by atoms with E-state index in [0.29, 0.717) is 13.0 Å². The average molecular weight is 173 g/mol. The van der Waals surface area contributed by atoms with Gasteiger partial charge < -0.3 is 10.4 Å². The van der Waals surface area contributed by atoms with E-state index in [9.17, 15) is 9.18 Å². The van der Waals surface area contributed by atoms with Crippen LogP contribution >= 0.6 is 0 Å². The van der Waals surface area contributed by atoms with Crippen LogP contribution in [-0.2, 0) is 4.79 Å². The SMILES string of the molecule is O=C(O)[C@@H]1NC[C@@H]2[C@@H]1CC[C@@H]2F. The predicted octanol–water partition coefficient (Wildman–Crippen LogP) is 0.407. The molecule has 12 heavy (non-hydrogen) atoms. The highest BCUT2D eigenvalue weighted by molar-refractivity contribution is 5.74. The molecule has 0 bridgehead atoms. The molecular weight excluding hydrogens is 161 g/mol. The minimum atomic E-state index is -0.836. The second-order valence-electron chi connectivity index (χ2n) is 3.65. The third-order valence-electron chi connectivity index (χ3n) is 3.06. The van der Waals surface area contributed by atoms with Gasteiger partial charge in [0, 0.05) is 12.5 Å². The molecule has 1 saturated heterocycles. The molecule has 0 spiro atoms. The number of halogens is 1. The van der Waals surface area contributed by atoms with Crippen molar-refractivity contribution in [3.8, 4) is 0 Å². The fraction of sp³-hybridized carbons (Fsp3) is 0.875. The van der Waals surface area contributed by atoms with Gasteiger partial charge in [-0.3, -0.25) is 4.79 Å². The maximum Gasteiger partial charge on any atom is 0.320 e. The van der Waals surface area contributed by atoms with E-state index < -0.39 is 18.2 Å². The summed E-state index contributed by atoms with van der Waals surface area (Å²) in [6.07, 6.45) is 0.475. The molecule has 0 aromatic rings. The summed E-state index contributed by atoms with van der Waals surface area (Å²) in [5.41, 5.74) is 0. The third kappa shape index (κ3) is 1.02. The summed E-state index contributed by atoms with van der Waals surface area (Å²) in [5.74, 6) is -0.861. The van der Waals surface area contributed by atoms with Crippen LogP contribution in [0.1, 0.15) is 12.8 Å². The maximum absolute atomic E-state index is 13.1. The largest absolute Gasteiger partial charge is 0.480 e. The van der Waals surface area contributed by atoms with E-state index in [1.165, 1.54) is 0 Å². The number of carboxylic acid groups (broad SMARTS) is 1. The van der Waals surface area contributed by atoms with Gasteiger partial charge in [0.25, 0.3) is 0 Å². The van der Waals surface area contributed by atoms with Gasteiger partial charge in [-0.05, 0) is 18.8 Å². The number of fused-ring (bicyclic) bond motifs is 1. The van der Waals surface area contributed by atoms with Crippen LogP contribution in [0.15, 0.2) is 0 Å². The summed E-state index contributed by atoms with van der Waals surface area (Å²) in [5, 5.41) is 11.6. The molecule has 1 saturated carbocycles. The van der Waals surface area contributed by atoms with Crippen LogP contribution < -0.4 is 5.32 Å².